The largest absolute Gasteiger partial charge is 0.468 e. The van der Waals surface area contributed by atoms with E-state index in [0.29, 0.717) is 12.6 Å². The van der Waals surface area contributed by atoms with Crippen LogP contribution in [-0.2, 0) is 16.1 Å². The zero-order valence-electron chi connectivity index (χ0n) is 11.7. The molecular weight excluding hydrogens is 230 g/mol. The molecule has 5 heteroatoms. The van der Waals surface area contributed by atoms with E-state index in [1.54, 1.807) is 0 Å². The van der Waals surface area contributed by atoms with Gasteiger partial charge in [-0.3, -0.25) is 14.4 Å². The van der Waals surface area contributed by atoms with Gasteiger partial charge in [0, 0.05) is 12.7 Å². The minimum atomic E-state index is -0.225. The third kappa shape index (κ3) is 4.14. The molecule has 0 aromatic carbocycles. The van der Waals surface area contributed by atoms with Gasteiger partial charge in [-0.1, -0.05) is 13.8 Å². The Labute approximate surface area is 109 Å². The van der Waals surface area contributed by atoms with Crippen LogP contribution in [0.4, 0.5) is 0 Å². The van der Waals surface area contributed by atoms with E-state index in [0.717, 1.165) is 18.5 Å². The molecule has 18 heavy (non-hydrogen) atoms. The molecule has 0 spiro atoms. The Morgan fingerprint density at radius 2 is 2.17 bits per heavy atom. The van der Waals surface area contributed by atoms with Crippen molar-refractivity contribution >= 4 is 5.97 Å². The quantitative estimate of drug-likeness (QED) is 0.696. The molecule has 0 fully saturated rings. The number of ether oxygens (including phenoxy) is 1. The monoisotopic (exact) mass is 253 g/mol. The van der Waals surface area contributed by atoms with E-state index in [9.17, 15) is 4.79 Å². The van der Waals surface area contributed by atoms with Crippen molar-refractivity contribution < 1.29 is 9.53 Å². The lowest BCUT2D eigenvalue weighted by Crippen LogP contribution is -2.26. The fraction of sp³-hybridized carbons (Fsp3) is 0.692. The highest BCUT2D eigenvalue weighted by Gasteiger charge is 2.11. The fourth-order valence-corrected chi connectivity index (χ4v) is 1.95. The molecule has 1 aromatic rings. The van der Waals surface area contributed by atoms with Crippen molar-refractivity contribution in [2.24, 2.45) is 0 Å². The first-order chi connectivity index (χ1) is 8.60. The number of rotatable bonds is 7. The number of methoxy groups -OCH3 is 1. The van der Waals surface area contributed by atoms with Crippen LogP contribution >= 0.6 is 0 Å². The molecule has 1 rings (SSSR count). The van der Waals surface area contributed by atoms with Crippen LogP contribution in [0, 0.1) is 0 Å². The van der Waals surface area contributed by atoms with Crippen molar-refractivity contribution in [2.75, 3.05) is 20.7 Å². The van der Waals surface area contributed by atoms with Crippen molar-refractivity contribution in [3.05, 3.63) is 18.0 Å². The number of aromatic nitrogens is 2. The van der Waals surface area contributed by atoms with Gasteiger partial charge < -0.3 is 4.74 Å². The van der Waals surface area contributed by atoms with E-state index in [2.05, 4.69) is 23.7 Å². The van der Waals surface area contributed by atoms with Crippen LogP contribution in [0.25, 0.3) is 0 Å². The smallest absolute Gasteiger partial charge is 0.319 e. The average molecular weight is 253 g/mol. The maximum absolute atomic E-state index is 11.1. The number of carbonyl (C=O) groups excluding carboxylic acids is 1. The van der Waals surface area contributed by atoms with Crippen molar-refractivity contribution in [2.45, 2.75) is 39.3 Å². The molecule has 0 amide bonds. The first kappa shape index (κ1) is 14.7. The molecule has 0 saturated heterocycles. The van der Waals surface area contributed by atoms with E-state index in [4.69, 9.17) is 0 Å². The third-order valence-corrected chi connectivity index (χ3v) is 3.04. The molecule has 0 N–H and O–H groups in total. The number of likely N-dealkylation sites (N-methyl/N-ethyl adjacent to an activating group) is 1. The van der Waals surface area contributed by atoms with Crippen LogP contribution in [0.1, 0.15) is 38.4 Å². The van der Waals surface area contributed by atoms with E-state index in [1.165, 1.54) is 7.11 Å². The molecule has 0 aliphatic carbocycles. The second-order valence-electron chi connectivity index (χ2n) is 4.51. The van der Waals surface area contributed by atoms with Gasteiger partial charge in [-0.15, -0.1) is 0 Å². The zero-order valence-corrected chi connectivity index (χ0v) is 11.7. The lowest BCUT2D eigenvalue weighted by atomic mass is 10.2. The maximum atomic E-state index is 11.1. The first-order valence-corrected chi connectivity index (χ1v) is 6.40. The SMILES string of the molecule is CCC(CC)n1ccc(CN(C)CC(=O)OC)n1. The van der Waals surface area contributed by atoms with Gasteiger partial charge in [-0.25, -0.2) is 0 Å². The summed E-state index contributed by atoms with van der Waals surface area (Å²) in [5.74, 6) is -0.225. The predicted molar refractivity (Wildman–Crippen MR) is 70.2 cm³/mol. The highest BCUT2D eigenvalue weighted by molar-refractivity contribution is 5.71. The normalized spacial score (nSPS) is 11.2. The topological polar surface area (TPSA) is 47.4 Å². The first-order valence-electron chi connectivity index (χ1n) is 6.40. The van der Waals surface area contributed by atoms with Gasteiger partial charge in [-0.05, 0) is 26.0 Å². The zero-order chi connectivity index (χ0) is 13.5. The Hall–Kier alpha value is -1.36. The van der Waals surface area contributed by atoms with Gasteiger partial charge in [0.1, 0.15) is 0 Å². The van der Waals surface area contributed by atoms with Crippen molar-refractivity contribution in [3.63, 3.8) is 0 Å². The lowest BCUT2D eigenvalue weighted by Gasteiger charge is -2.14. The molecular formula is C13H23N3O2. The summed E-state index contributed by atoms with van der Waals surface area (Å²) in [7, 11) is 3.28. The van der Waals surface area contributed by atoms with Crippen LogP contribution < -0.4 is 0 Å². The highest BCUT2D eigenvalue weighted by Crippen LogP contribution is 2.14. The maximum Gasteiger partial charge on any atom is 0.319 e. The van der Waals surface area contributed by atoms with Gasteiger partial charge in [0.15, 0.2) is 0 Å². The summed E-state index contributed by atoms with van der Waals surface area (Å²) in [4.78, 5) is 13.0. The molecule has 1 heterocycles. The molecule has 0 aliphatic heterocycles. The van der Waals surface area contributed by atoms with Gasteiger partial charge in [0.25, 0.3) is 0 Å². The minimum Gasteiger partial charge on any atom is -0.468 e. The Bertz CT molecular complexity index is 372. The molecule has 0 saturated carbocycles. The second-order valence-corrected chi connectivity index (χ2v) is 4.51. The van der Waals surface area contributed by atoms with Gasteiger partial charge in [-0.2, -0.15) is 5.10 Å². The molecule has 0 atom stereocenters. The minimum absolute atomic E-state index is 0.225. The van der Waals surface area contributed by atoms with Gasteiger partial charge >= 0.3 is 5.97 Å². The van der Waals surface area contributed by atoms with Crippen molar-refractivity contribution in [1.29, 1.82) is 0 Å². The summed E-state index contributed by atoms with van der Waals surface area (Å²) in [6, 6.07) is 2.47. The lowest BCUT2D eigenvalue weighted by molar-refractivity contribution is -0.141. The van der Waals surface area contributed by atoms with E-state index in [-0.39, 0.29) is 12.5 Å². The predicted octanol–water partition coefficient (Wildman–Crippen LogP) is 1.85. The summed E-state index contributed by atoms with van der Waals surface area (Å²) in [6.07, 6.45) is 4.17. The molecule has 5 nitrogen and oxygen atoms in total. The Morgan fingerprint density at radius 1 is 1.50 bits per heavy atom. The Kier molecular flexibility index (Phi) is 5.85. The van der Waals surface area contributed by atoms with Crippen molar-refractivity contribution in [3.8, 4) is 0 Å². The number of nitrogens with zero attached hydrogens (tertiary/aromatic N) is 3. The average Bonchev–Trinajstić information content (AvgIpc) is 2.78. The molecule has 0 bridgehead atoms. The molecule has 0 aliphatic rings. The number of hydrogen-bond acceptors (Lipinski definition) is 4. The number of esters is 1. The summed E-state index contributed by atoms with van der Waals surface area (Å²) < 4.78 is 6.65. The Balaban J connectivity index is 2.55. The Morgan fingerprint density at radius 3 is 2.72 bits per heavy atom. The van der Waals surface area contributed by atoms with Crippen LogP contribution in [0.15, 0.2) is 12.3 Å². The molecule has 0 radical (unpaired) electrons. The number of hydrogen-bond donors (Lipinski definition) is 0. The van der Waals surface area contributed by atoms with E-state index in [1.807, 2.05) is 28.9 Å². The van der Waals surface area contributed by atoms with Crippen LogP contribution in [0.2, 0.25) is 0 Å². The molecule has 1 aromatic heterocycles. The van der Waals surface area contributed by atoms with Crippen LogP contribution in [-0.4, -0.2) is 41.4 Å². The fourth-order valence-electron chi connectivity index (χ4n) is 1.95. The summed E-state index contributed by atoms with van der Waals surface area (Å²) in [5, 5.41) is 4.55. The van der Waals surface area contributed by atoms with Crippen molar-refractivity contribution in [1.82, 2.24) is 14.7 Å². The van der Waals surface area contributed by atoms with Crippen LogP contribution in [0.3, 0.4) is 0 Å². The summed E-state index contributed by atoms with van der Waals surface area (Å²) in [5.41, 5.74) is 0.980. The van der Waals surface area contributed by atoms with E-state index >= 15 is 0 Å². The highest BCUT2D eigenvalue weighted by atomic mass is 16.5. The second kappa shape index (κ2) is 7.16. The summed E-state index contributed by atoms with van der Waals surface area (Å²) >= 11 is 0. The summed E-state index contributed by atoms with van der Waals surface area (Å²) in [6.45, 7) is 5.27. The van der Waals surface area contributed by atoms with Crippen LogP contribution in [0.5, 0.6) is 0 Å². The molecule has 0 unspecified atom stereocenters. The van der Waals surface area contributed by atoms with Gasteiger partial charge in [0.2, 0.25) is 0 Å². The molecule has 102 valence electrons. The van der Waals surface area contributed by atoms with Gasteiger partial charge in [0.05, 0.1) is 25.4 Å². The van der Waals surface area contributed by atoms with E-state index < -0.39 is 0 Å². The third-order valence-electron chi connectivity index (χ3n) is 3.04. The standard InChI is InChI=1S/C13H23N3O2/c1-5-12(6-2)16-8-7-11(14-16)9-15(3)10-13(17)18-4/h7-8,12H,5-6,9-10H2,1-4H3. The number of carbonyl (C=O) groups is 1.